The molecule has 2 aromatic rings. The molecule has 0 saturated heterocycles. The fourth-order valence-electron chi connectivity index (χ4n) is 4.09. The second-order valence-corrected chi connectivity index (χ2v) is 7.97. The Bertz CT molecular complexity index is 753. The van der Waals surface area contributed by atoms with E-state index < -0.39 is 0 Å². The molecule has 0 N–H and O–H groups in total. The lowest BCUT2D eigenvalue weighted by atomic mass is 9.79. The van der Waals surface area contributed by atoms with Crippen LogP contribution < -0.4 is 4.74 Å². The van der Waals surface area contributed by atoms with Crippen molar-refractivity contribution in [3.05, 3.63) is 65.2 Å². The zero-order valence-corrected chi connectivity index (χ0v) is 17.5. The SMILES string of the molecule is CCCCCc1ccc(C#CC2CCC(c3ccc(OCC)cc3)CC2)cc1. The van der Waals surface area contributed by atoms with Crippen LogP contribution in [0.25, 0.3) is 0 Å². The van der Waals surface area contributed by atoms with Gasteiger partial charge < -0.3 is 4.74 Å². The molecule has 1 aliphatic rings. The minimum Gasteiger partial charge on any atom is -0.494 e. The quantitative estimate of drug-likeness (QED) is 0.369. The summed E-state index contributed by atoms with van der Waals surface area (Å²) in [7, 11) is 0. The van der Waals surface area contributed by atoms with Crippen molar-refractivity contribution in [2.24, 2.45) is 5.92 Å². The molecule has 0 unspecified atom stereocenters. The molecule has 0 bridgehead atoms. The highest BCUT2D eigenvalue weighted by Gasteiger charge is 2.21. The summed E-state index contributed by atoms with van der Waals surface area (Å²) in [5.41, 5.74) is 4.05. The van der Waals surface area contributed by atoms with Gasteiger partial charge in [-0.05, 0) is 86.8 Å². The first-order chi connectivity index (χ1) is 13.8. The van der Waals surface area contributed by atoms with Crippen LogP contribution in [-0.2, 0) is 6.42 Å². The molecule has 0 aliphatic heterocycles. The van der Waals surface area contributed by atoms with Gasteiger partial charge in [-0.3, -0.25) is 0 Å². The lowest BCUT2D eigenvalue weighted by Gasteiger charge is -2.26. The van der Waals surface area contributed by atoms with E-state index in [1.54, 1.807) is 0 Å². The van der Waals surface area contributed by atoms with Crippen LogP contribution in [0.2, 0.25) is 0 Å². The minimum absolute atomic E-state index is 0.545. The Hall–Kier alpha value is -2.20. The highest BCUT2D eigenvalue weighted by atomic mass is 16.5. The average Bonchev–Trinajstić information content (AvgIpc) is 2.75. The van der Waals surface area contributed by atoms with Crippen LogP contribution in [0.15, 0.2) is 48.5 Å². The van der Waals surface area contributed by atoms with Gasteiger partial charge in [-0.2, -0.15) is 0 Å². The third-order valence-electron chi connectivity index (χ3n) is 5.83. The largest absolute Gasteiger partial charge is 0.494 e. The molecule has 2 aromatic carbocycles. The monoisotopic (exact) mass is 374 g/mol. The normalized spacial score (nSPS) is 18.9. The molecule has 0 spiro atoms. The maximum Gasteiger partial charge on any atom is 0.119 e. The molecular weight excluding hydrogens is 340 g/mol. The first-order valence-corrected chi connectivity index (χ1v) is 11.1. The van der Waals surface area contributed by atoms with Gasteiger partial charge in [0.15, 0.2) is 0 Å². The Morgan fingerprint density at radius 3 is 2.21 bits per heavy atom. The number of benzene rings is 2. The minimum atomic E-state index is 0.545. The second-order valence-electron chi connectivity index (χ2n) is 7.97. The molecule has 0 atom stereocenters. The van der Waals surface area contributed by atoms with Crippen molar-refractivity contribution >= 4 is 0 Å². The van der Waals surface area contributed by atoms with Gasteiger partial charge in [0, 0.05) is 11.5 Å². The summed E-state index contributed by atoms with van der Waals surface area (Å²) in [6.07, 6.45) is 9.98. The van der Waals surface area contributed by atoms with E-state index >= 15 is 0 Å². The molecule has 0 amide bonds. The van der Waals surface area contributed by atoms with Gasteiger partial charge in [0.2, 0.25) is 0 Å². The van der Waals surface area contributed by atoms with Gasteiger partial charge in [-0.1, -0.05) is 55.9 Å². The summed E-state index contributed by atoms with van der Waals surface area (Å²) in [6.45, 7) is 5.01. The smallest absolute Gasteiger partial charge is 0.119 e. The molecule has 0 radical (unpaired) electrons. The number of hydrogen-bond acceptors (Lipinski definition) is 1. The topological polar surface area (TPSA) is 9.23 Å². The third kappa shape index (κ3) is 6.16. The van der Waals surface area contributed by atoms with Crippen LogP contribution in [-0.4, -0.2) is 6.61 Å². The molecule has 28 heavy (non-hydrogen) atoms. The van der Waals surface area contributed by atoms with Gasteiger partial charge in [-0.15, -0.1) is 0 Å². The predicted molar refractivity (Wildman–Crippen MR) is 119 cm³/mol. The fraction of sp³-hybridized carbons (Fsp3) is 0.481. The van der Waals surface area contributed by atoms with Gasteiger partial charge >= 0.3 is 0 Å². The van der Waals surface area contributed by atoms with Crippen molar-refractivity contribution in [3.8, 4) is 17.6 Å². The Labute approximate surface area is 171 Å². The highest BCUT2D eigenvalue weighted by molar-refractivity contribution is 5.37. The zero-order valence-electron chi connectivity index (χ0n) is 17.5. The van der Waals surface area contributed by atoms with E-state index in [2.05, 4.69) is 67.3 Å². The van der Waals surface area contributed by atoms with Gasteiger partial charge in [0.05, 0.1) is 6.61 Å². The van der Waals surface area contributed by atoms with Gasteiger partial charge in [0.25, 0.3) is 0 Å². The van der Waals surface area contributed by atoms with Crippen molar-refractivity contribution in [1.82, 2.24) is 0 Å². The van der Waals surface area contributed by atoms with E-state index in [0.717, 1.165) is 17.9 Å². The van der Waals surface area contributed by atoms with E-state index in [-0.39, 0.29) is 0 Å². The molecule has 1 aliphatic carbocycles. The number of unbranched alkanes of at least 4 members (excludes halogenated alkanes) is 2. The van der Waals surface area contributed by atoms with Crippen molar-refractivity contribution in [3.63, 3.8) is 0 Å². The van der Waals surface area contributed by atoms with Crippen LogP contribution in [0.4, 0.5) is 0 Å². The Morgan fingerprint density at radius 1 is 0.857 bits per heavy atom. The molecule has 0 heterocycles. The van der Waals surface area contributed by atoms with Crippen LogP contribution in [0, 0.1) is 17.8 Å². The summed E-state index contributed by atoms with van der Waals surface area (Å²) in [5, 5.41) is 0. The van der Waals surface area contributed by atoms with E-state index in [9.17, 15) is 0 Å². The van der Waals surface area contributed by atoms with Crippen LogP contribution in [0.1, 0.15) is 81.4 Å². The average molecular weight is 375 g/mol. The van der Waals surface area contributed by atoms with Crippen LogP contribution in [0.5, 0.6) is 5.75 Å². The zero-order chi connectivity index (χ0) is 19.6. The predicted octanol–water partition coefficient (Wildman–Crippen LogP) is 7.14. The van der Waals surface area contributed by atoms with E-state index in [0.29, 0.717) is 11.8 Å². The highest BCUT2D eigenvalue weighted by Crippen LogP contribution is 2.36. The van der Waals surface area contributed by atoms with Crippen molar-refractivity contribution < 1.29 is 4.74 Å². The molecule has 1 heteroatoms. The third-order valence-corrected chi connectivity index (χ3v) is 5.83. The van der Waals surface area contributed by atoms with E-state index in [1.807, 2.05) is 6.92 Å². The summed E-state index contributed by atoms with van der Waals surface area (Å²) in [4.78, 5) is 0. The first kappa shape index (κ1) is 20.5. The van der Waals surface area contributed by atoms with Crippen molar-refractivity contribution in [2.45, 2.75) is 71.1 Å². The molecule has 1 fully saturated rings. The molecule has 1 nitrogen and oxygen atoms in total. The first-order valence-electron chi connectivity index (χ1n) is 11.1. The van der Waals surface area contributed by atoms with Crippen molar-refractivity contribution in [1.29, 1.82) is 0 Å². The van der Waals surface area contributed by atoms with Crippen LogP contribution in [0.3, 0.4) is 0 Å². The lowest BCUT2D eigenvalue weighted by molar-refractivity contribution is 0.339. The number of hydrogen-bond donors (Lipinski definition) is 0. The van der Waals surface area contributed by atoms with E-state index in [4.69, 9.17) is 4.74 Å². The number of ether oxygens (including phenoxy) is 1. The molecular formula is C27H34O. The van der Waals surface area contributed by atoms with Crippen LogP contribution >= 0.6 is 0 Å². The maximum absolute atomic E-state index is 5.55. The second kappa shape index (κ2) is 11.0. The molecule has 148 valence electrons. The molecule has 0 aromatic heterocycles. The van der Waals surface area contributed by atoms with Gasteiger partial charge in [-0.25, -0.2) is 0 Å². The summed E-state index contributed by atoms with van der Waals surface area (Å²) in [6, 6.07) is 17.6. The lowest BCUT2D eigenvalue weighted by Crippen LogP contribution is -2.12. The fourth-order valence-corrected chi connectivity index (χ4v) is 4.09. The molecule has 1 saturated carbocycles. The Morgan fingerprint density at radius 2 is 1.57 bits per heavy atom. The maximum atomic E-state index is 5.55. The Balaban J connectivity index is 1.48. The summed E-state index contributed by atoms with van der Waals surface area (Å²) >= 11 is 0. The standard InChI is InChI=1S/C27H34O/c1-3-5-6-7-22-8-10-23(11-9-22)12-13-24-14-16-25(17-15-24)26-18-20-27(21-19-26)28-4-2/h8-11,18-21,24-25H,3-7,14-17H2,1-2H3. The number of aryl methyl sites for hydroxylation is 1. The van der Waals surface area contributed by atoms with E-state index in [1.165, 1.54) is 62.5 Å². The summed E-state index contributed by atoms with van der Waals surface area (Å²) in [5.74, 6) is 9.15. The molecule has 3 rings (SSSR count). The van der Waals surface area contributed by atoms with Gasteiger partial charge in [0.1, 0.15) is 5.75 Å². The summed E-state index contributed by atoms with van der Waals surface area (Å²) < 4.78 is 5.55. The van der Waals surface area contributed by atoms with Crippen molar-refractivity contribution in [2.75, 3.05) is 6.61 Å². The Kier molecular flexibility index (Phi) is 8.04. The number of rotatable bonds is 7.